The molecule has 4 nitrogen and oxygen atoms in total. The molecule has 1 rings (SSSR count). The van der Waals surface area contributed by atoms with Crippen molar-refractivity contribution in [1.29, 1.82) is 0 Å². The number of alkyl halides is 1. The van der Waals surface area contributed by atoms with Crippen LogP contribution in [0.5, 0.6) is 0 Å². The largest absolute Gasteiger partial charge is 0.380 e. The summed E-state index contributed by atoms with van der Waals surface area (Å²) in [5.74, 6) is 0.542. The van der Waals surface area contributed by atoms with Crippen LogP contribution in [0.25, 0.3) is 0 Å². The highest BCUT2D eigenvalue weighted by atomic mass is 35.5. The topological polar surface area (TPSA) is 46.6 Å². The van der Waals surface area contributed by atoms with Crippen molar-refractivity contribution in [3.8, 4) is 0 Å². The van der Waals surface area contributed by atoms with Crippen LogP contribution in [0, 0.1) is 0 Å². The second-order valence-corrected chi connectivity index (χ2v) is 5.69. The molecule has 1 aliphatic rings. The summed E-state index contributed by atoms with van der Waals surface area (Å²) in [6.45, 7) is 2.21. The maximum absolute atomic E-state index is 11.7. The van der Waals surface area contributed by atoms with Crippen molar-refractivity contribution in [2.45, 2.75) is 12.8 Å². The van der Waals surface area contributed by atoms with Gasteiger partial charge in [0, 0.05) is 25.6 Å². The predicted octanol–water partition coefficient (Wildman–Crippen LogP) is 0.667. The molecule has 14 heavy (non-hydrogen) atoms. The van der Waals surface area contributed by atoms with Crippen LogP contribution in [0.4, 0.5) is 0 Å². The van der Waals surface area contributed by atoms with Crippen molar-refractivity contribution >= 4 is 21.6 Å². The Morgan fingerprint density at radius 3 is 2.79 bits per heavy atom. The Bertz CT molecular complexity index is 247. The van der Waals surface area contributed by atoms with Crippen molar-refractivity contribution < 1.29 is 13.2 Å². The maximum atomic E-state index is 11.7. The average molecular weight is 242 g/mol. The monoisotopic (exact) mass is 241 g/mol. The van der Waals surface area contributed by atoms with E-state index in [0.717, 1.165) is 6.42 Å². The van der Waals surface area contributed by atoms with Crippen LogP contribution >= 0.6 is 11.6 Å². The summed E-state index contributed by atoms with van der Waals surface area (Å²) in [5.41, 5.74) is 0. The normalized spacial score (nSPS) is 20.6. The van der Waals surface area contributed by atoms with Gasteiger partial charge in [-0.3, -0.25) is 0 Å². The van der Waals surface area contributed by atoms with Gasteiger partial charge in [-0.1, -0.05) is 0 Å². The summed E-state index contributed by atoms with van der Waals surface area (Å²) in [4.78, 5) is 0. The zero-order chi connectivity index (χ0) is 10.4. The summed E-state index contributed by atoms with van der Waals surface area (Å²) in [6, 6.07) is 0. The molecule has 0 radical (unpaired) electrons. The Morgan fingerprint density at radius 2 is 2.07 bits per heavy atom. The molecule has 0 aromatic carbocycles. The minimum atomic E-state index is -3.10. The van der Waals surface area contributed by atoms with Crippen LogP contribution in [0.2, 0.25) is 0 Å². The standard InChI is InChI=1S/C8H16ClNO3S/c9-3-1-8-14(11,12)10-4-2-6-13-7-5-10/h1-8H2. The fourth-order valence-corrected chi connectivity index (χ4v) is 3.19. The predicted molar refractivity (Wildman–Crippen MR) is 56.1 cm³/mol. The molecule has 1 saturated heterocycles. The summed E-state index contributed by atoms with van der Waals surface area (Å²) < 4.78 is 30.1. The molecular formula is C8H16ClNO3S. The molecule has 0 atom stereocenters. The quantitative estimate of drug-likeness (QED) is 0.680. The molecule has 6 heteroatoms. The molecule has 0 bridgehead atoms. The van der Waals surface area contributed by atoms with Crippen molar-refractivity contribution in [2.75, 3.05) is 37.9 Å². The fraction of sp³-hybridized carbons (Fsp3) is 1.00. The Morgan fingerprint density at radius 1 is 1.29 bits per heavy atom. The van der Waals surface area contributed by atoms with Crippen molar-refractivity contribution in [2.24, 2.45) is 0 Å². The Balaban J connectivity index is 2.51. The lowest BCUT2D eigenvalue weighted by Crippen LogP contribution is -2.35. The number of halogens is 1. The average Bonchev–Trinajstić information content (AvgIpc) is 2.43. The number of hydrogen-bond donors (Lipinski definition) is 0. The molecule has 0 aliphatic carbocycles. The van der Waals surface area contributed by atoms with E-state index in [4.69, 9.17) is 16.3 Å². The zero-order valence-corrected chi connectivity index (χ0v) is 9.69. The highest BCUT2D eigenvalue weighted by molar-refractivity contribution is 7.89. The van der Waals surface area contributed by atoms with E-state index in [1.54, 1.807) is 0 Å². The van der Waals surface area contributed by atoms with E-state index in [0.29, 0.717) is 38.6 Å². The van der Waals surface area contributed by atoms with Gasteiger partial charge in [0.05, 0.1) is 12.4 Å². The van der Waals surface area contributed by atoms with E-state index >= 15 is 0 Å². The fourth-order valence-electron chi connectivity index (χ4n) is 1.37. The molecule has 1 fully saturated rings. The summed E-state index contributed by atoms with van der Waals surface area (Å²) >= 11 is 5.47. The number of ether oxygens (including phenoxy) is 1. The van der Waals surface area contributed by atoms with E-state index in [1.807, 2.05) is 0 Å². The van der Waals surface area contributed by atoms with Crippen molar-refractivity contribution in [3.63, 3.8) is 0 Å². The number of sulfonamides is 1. The maximum Gasteiger partial charge on any atom is 0.214 e. The number of rotatable bonds is 4. The van der Waals surface area contributed by atoms with Gasteiger partial charge in [-0.15, -0.1) is 11.6 Å². The van der Waals surface area contributed by atoms with Gasteiger partial charge in [0.15, 0.2) is 0 Å². The second-order valence-electron chi connectivity index (χ2n) is 3.22. The molecule has 0 aromatic rings. The van der Waals surface area contributed by atoms with Gasteiger partial charge in [-0.2, -0.15) is 4.31 Å². The minimum Gasteiger partial charge on any atom is -0.380 e. The van der Waals surface area contributed by atoms with E-state index < -0.39 is 10.0 Å². The first-order valence-electron chi connectivity index (χ1n) is 4.78. The third kappa shape index (κ3) is 3.73. The Hall–Kier alpha value is 0.160. The van der Waals surface area contributed by atoms with Gasteiger partial charge in [0.2, 0.25) is 10.0 Å². The number of hydrogen-bond acceptors (Lipinski definition) is 3. The molecule has 84 valence electrons. The van der Waals surface area contributed by atoms with Gasteiger partial charge in [-0.25, -0.2) is 8.42 Å². The lowest BCUT2D eigenvalue weighted by molar-refractivity contribution is 0.148. The molecular weight excluding hydrogens is 226 g/mol. The molecule has 0 spiro atoms. The Labute approximate surface area is 90.2 Å². The lowest BCUT2D eigenvalue weighted by Gasteiger charge is -2.18. The van der Waals surface area contributed by atoms with Gasteiger partial charge in [0.1, 0.15) is 0 Å². The highest BCUT2D eigenvalue weighted by Gasteiger charge is 2.22. The summed E-state index contributed by atoms with van der Waals surface area (Å²) in [5, 5.41) is 0. The van der Waals surface area contributed by atoms with E-state index in [-0.39, 0.29) is 5.75 Å². The number of nitrogens with zero attached hydrogens (tertiary/aromatic N) is 1. The SMILES string of the molecule is O=S(=O)(CCCCl)N1CCCOCC1. The molecule has 1 heterocycles. The minimum absolute atomic E-state index is 0.149. The first-order chi connectivity index (χ1) is 6.67. The van der Waals surface area contributed by atoms with Gasteiger partial charge in [0.25, 0.3) is 0 Å². The molecule has 0 N–H and O–H groups in total. The van der Waals surface area contributed by atoms with E-state index in [9.17, 15) is 8.42 Å². The highest BCUT2D eigenvalue weighted by Crippen LogP contribution is 2.08. The van der Waals surface area contributed by atoms with E-state index in [2.05, 4.69) is 0 Å². The van der Waals surface area contributed by atoms with Crippen molar-refractivity contribution in [1.82, 2.24) is 4.31 Å². The second kappa shape index (κ2) is 5.90. The first kappa shape index (κ1) is 12.2. The lowest BCUT2D eigenvalue weighted by atomic mass is 10.5. The van der Waals surface area contributed by atoms with Crippen molar-refractivity contribution in [3.05, 3.63) is 0 Å². The first-order valence-corrected chi connectivity index (χ1v) is 6.93. The molecule has 1 aliphatic heterocycles. The van der Waals surface area contributed by atoms with Crippen LogP contribution in [0.1, 0.15) is 12.8 Å². The molecule has 0 amide bonds. The summed E-state index contributed by atoms with van der Waals surface area (Å²) in [6.07, 6.45) is 1.29. The van der Waals surface area contributed by atoms with Gasteiger partial charge < -0.3 is 4.74 Å². The zero-order valence-electron chi connectivity index (χ0n) is 8.12. The molecule has 0 unspecified atom stereocenters. The molecule has 0 saturated carbocycles. The van der Waals surface area contributed by atoms with E-state index in [1.165, 1.54) is 4.31 Å². The van der Waals surface area contributed by atoms with Crippen LogP contribution in [-0.4, -0.2) is 50.7 Å². The van der Waals surface area contributed by atoms with Gasteiger partial charge in [-0.05, 0) is 12.8 Å². The smallest absolute Gasteiger partial charge is 0.214 e. The summed E-state index contributed by atoms with van der Waals surface area (Å²) in [7, 11) is -3.10. The van der Waals surface area contributed by atoms with Crippen LogP contribution < -0.4 is 0 Å². The third-order valence-electron chi connectivity index (χ3n) is 2.11. The van der Waals surface area contributed by atoms with Gasteiger partial charge >= 0.3 is 0 Å². The van der Waals surface area contributed by atoms with Crippen LogP contribution in [0.15, 0.2) is 0 Å². The van der Waals surface area contributed by atoms with Crippen LogP contribution in [0.3, 0.4) is 0 Å². The third-order valence-corrected chi connectivity index (χ3v) is 4.33. The van der Waals surface area contributed by atoms with Crippen LogP contribution in [-0.2, 0) is 14.8 Å². The molecule has 0 aromatic heterocycles. The Kier molecular flexibility index (Phi) is 5.15.